The molecule has 0 aliphatic heterocycles. The Morgan fingerprint density at radius 1 is 1.38 bits per heavy atom. The minimum absolute atomic E-state index is 0.148. The molecular formula is C17H17N5O3S. The van der Waals surface area contributed by atoms with Crippen LogP contribution in [0.1, 0.15) is 24.0 Å². The minimum Gasteiger partial charge on any atom is -0.466 e. The van der Waals surface area contributed by atoms with Gasteiger partial charge in [0.2, 0.25) is 5.13 Å². The molecule has 0 saturated heterocycles. The van der Waals surface area contributed by atoms with Crippen molar-refractivity contribution in [3.05, 3.63) is 46.7 Å². The number of hydrogen-bond acceptors (Lipinski definition) is 9. The van der Waals surface area contributed by atoms with E-state index in [1.165, 1.54) is 11.3 Å². The van der Waals surface area contributed by atoms with Crippen LogP contribution in [0.5, 0.6) is 0 Å². The van der Waals surface area contributed by atoms with Gasteiger partial charge in [-0.2, -0.15) is 10.1 Å². The molecule has 0 aliphatic rings. The van der Waals surface area contributed by atoms with Crippen LogP contribution in [0.25, 0.3) is 11.5 Å². The van der Waals surface area contributed by atoms with E-state index in [4.69, 9.17) is 9.26 Å². The Kier molecular flexibility index (Phi) is 5.69. The molecule has 0 amide bonds. The summed E-state index contributed by atoms with van der Waals surface area (Å²) in [5.41, 5.74) is 5.13. The molecule has 9 heteroatoms. The summed E-state index contributed by atoms with van der Waals surface area (Å²) in [5.74, 6) is 0.717. The van der Waals surface area contributed by atoms with Gasteiger partial charge in [-0.3, -0.25) is 10.2 Å². The number of benzene rings is 1. The maximum absolute atomic E-state index is 11.5. The quantitative estimate of drug-likeness (QED) is 0.387. The maximum atomic E-state index is 11.5. The average molecular weight is 371 g/mol. The van der Waals surface area contributed by atoms with Crippen LogP contribution in [0.3, 0.4) is 0 Å². The Bertz CT molecular complexity index is 919. The molecule has 1 N–H and O–H groups in total. The van der Waals surface area contributed by atoms with Gasteiger partial charge in [-0.05, 0) is 19.9 Å². The third kappa shape index (κ3) is 4.51. The number of nitrogens with zero attached hydrogens (tertiary/aromatic N) is 4. The van der Waals surface area contributed by atoms with E-state index in [1.807, 2.05) is 24.3 Å². The summed E-state index contributed by atoms with van der Waals surface area (Å²) in [6.07, 6.45) is 1.80. The SMILES string of the molecule is CCOC(=O)Cc1csc(NN=Cc2ccccc2-c2nc(C)no2)n1. The molecule has 0 unspecified atom stereocenters. The fraction of sp³-hybridized carbons (Fsp3) is 0.235. The summed E-state index contributed by atoms with van der Waals surface area (Å²) in [5, 5.41) is 10.4. The number of rotatable bonds is 7. The van der Waals surface area contributed by atoms with Crippen molar-refractivity contribution in [2.45, 2.75) is 20.3 Å². The standard InChI is InChI=1S/C17H17N5O3S/c1-3-24-15(23)8-13-10-26-17(20-13)21-18-9-12-6-4-5-7-14(12)16-19-11(2)22-25-16/h4-7,9-10H,3,8H2,1-2H3,(H,20,21). The van der Waals surface area contributed by atoms with Crippen LogP contribution in [-0.4, -0.2) is 33.9 Å². The van der Waals surface area contributed by atoms with Crippen LogP contribution < -0.4 is 5.43 Å². The van der Waals surface area contributed by atoms with Gasteiger partial charge in [0.1, 0.15) is 0 Å². The van der Waals surface area contributed by atoms with Gasteiger partial charge in [0.05, 0.1) is 24.9 Å². The summed E-state index contributed by atoms with van der Waals surface area (Å²) in [6, 6.07) is 7.57. The topological polar surface area (TPSA) is 102 Å². The van der Waals surface area contributed by atoms with Crippen molar-refractivity contribution in [2.24, 2.45) is 5.10 Å². The zero-order valence-corrected chi connectivity index (χ0v) is 15.1. The number of hydrogen-bond donors (Lipinski definition) is 1. The largest absolute Gasteiger partial charge is 0.466 e. The normalized spacial score (nSPS) is 11.0. The number of aromatic nitrogens is 3. The van der Waals surface area contributed by atoms with Gasteiger partial charge in [0.15, 0.2) is 5.82 Å². The molecule has 0 saturated carbocycles. The molecule has 26 heavy (non-hydrogen) atoms. The highest BCUT2D eigenvalue weighted by molar-refractivity contribution is 7.13. The first kappa shape index (κ1) is 17.7. The second kappa shape index (κ2) is 8.34. The first-order chi connectivity index (χ1) is 12.7. The Hall–Kier alpha value is -3.07. The molecule has 3 aromatic rings. The number of aryl methyl sites for hydroxylation is 1. The van der Waals surface area contributed by atoms with Gasteiger partial charge < -0.3 is 9.26 Å². The number of esters is 1. The number of anilines is 1. The first-order valence-corrected chi connectivity index (χ1v) is 8.82. The van der Waals surface area contributed by atoms with Crippen molar-refractivity contribution in [2.75, 3.05) is 12.0 Å². The summed E-state index contributed by atoms with van der Waals surface area (Å²) >= 11 is 1.36. The fourth-order valence-corrected chi connectivity index (χ4v) is 2.83. The van der Waals surface area contributed by atoms with Crippen molar-refractivity contribution < 1.29 is 14.1 Å². The number of nitrogens with one attached hydrogen (secondary N) is 1. The molecule has 8 nitrogen and oxygen atoms in total. The molecule has 0 atom stereocenters. The van der Waals surface area contributed by atoms with E-state index in [2.05, 4.69) is 25.7 Å². The van der Waals surface area contributed by atoms with E-state index in [0.29, 0.717) is 29.1 Å². The lowest BCUT2D eigenvalue weighted by atomic mass is 10.1. The highest BCUT2D eigenvalue weighted by atomic mass is 32.1. The lowest BCUT2D eigenvalue weighted by Gasteiger charge is -2.00. The van der Waals surface area contributed by atoms with Crippen molar-refractivity contribution in [3.8, 4) is 11.5 Å². The Balaban J connectivity index is 1.66. The van der Waals surface area contributed by atoms with Gasteiger partial charge in [-0.25, -0.2) is 4.98 Å². The average Bonchev–Trinajstić information content (AvgIpc) is 3.25. The Morgan fingerprint density at radius 2 is 2.23 bits per heavy atom. The molecule has 2 aromatic heterocycles. The van der Waals surface area contributed by atoms with Gasteiger partial charge in [0, 0.05) is 16.5 Å². The van der Waals surface area contributed by atoms with Crippen LogP contribution in [0.15, 0.2) is 39.3 Å². The molecule has 1 aromatic carbocycles. The van der Waals surface area contributed by atoms with Crippen molar-refractivity contribution in [1.82, 2.24) is 15.1 Å². The molecule has 0 bridgehead atoms. The predicted molar refractivity (Wildman–Crippen MR) is 98.1 cm³/mol. The summed E-state index contributed by atoms with van der Waals surface area (Å²) < 4.78 is 10.1. The molecule has 0 spiro atoms. The molecule has 3 rings (SSSR count). The van der Waals surface area contributed by atoms with Crippen LogP contribution in [0, 0.1) is 6.92 Å². The number of carbonyl (C=O) groups is 1. The fourth-order valence-electron chi connectivity index (χ4n) is 2.17. The lowest BCUT2D eigenvalue weighted by molar-refractivity contribution is -0.142. The molecule has 0 radical (unpaired) electrons. The zero-order valence-electron chi connectivity index (χ0n) is 14.3. The zero-order chi connectivity index (χ0) is 18.4. The van der Waals surface area contributed by atoms with E-state index in [-0.39, 0.29) is 12.4 Å². The molecule has 2 heterocycles. The third-order valence-corrected chi connectivity index (χ3v) is 4.06. The predicted octanol–water partition coefficient (Wildman–Crippen LogP) is 3.05. The number of thiazole rings is 1. The molecule has 0 fully saturated rings. The summed E-state index contributed by atoms with van der Waals surface area (Å²) in [7, 11) is 0. The van der Waals surface area contributed by atoms with E-state index < -0.39 is 0 Å². The van der Waals surface area contributed by atoms with E-state index in [1.54, 1.807) is 25.4 Å². The van der Waals surface area contributed by atoms with Gasteiger partial charge in [-0.15, -0.1) is 11.3 Å². The van der Waals surface area contributed by atoms with Crippen molar-refractivity contribution >= 4 is 28.7 Å². The van der Waals surface area contributed by atoms with Gasteiger partial charge in [-0.1, -0.05) is 23.4 Å². The first-order valence-electron chi connectivity index (χ1n) is 7.94. The van der Waals surface area contributed by atoms with Crippen molar-refractivity contribution in [3.63, 3.8) is 0 Å². The summed E-state index contributed by atoms with van der Waals surface area (Å²) in [4.78, 5) is 20.0. The Labute approximate surface area is 153 Å². The van der Waals surface area contributed by atoms with Gasteiger partial charge >= 0.3 is 5.97 Å². The van der Waals surface area contributed by atoms with E-state index >= 15 is 0 Å². The minimum atomic E-state index is -0.295. The highest BCUT2D eigenvalue weighted by Gasteiger charge is 2.10. The number of carbonyl (C=O) groups excluding carboxylic acids is 1. The summed E-state index contributed by atoms with van der Waals surface area (Å²) in [6.45, 7) is 3.90. The third-order valence-electron chi connectivity index (χ3n) is 3.27. The number of hydrazone groups is 1. The van der Waals surface area contributed by atoms with Gasteiger partial charge in [0.25, 0.3) is 5.89 Å². The molecular weight excluding hydrogens is 354 g/mol. The second-order valence-corrected chi connectivity index (χ2v) is 6.09. The molecule has 134 valence electrons. The van der Waals surface area contributed by atoms with Crippen LogP contribution in [0.2, 0.25) is 0 Å². The smallest absolute Gasteiger partial charge is 0.311 e. The van der Waals surface area contributed by atoms with Crippen LogP contribution in [0.4, 0.5) is 5.13 Å². The monoisotopic (exact) mass is 371 g/mol. The lowest BCUT2D eigenvalue weighted by Crippen LogP contribution is -2.07. The van der Waals surface area contributed by atoms with E-state index in [0.717, 1.165) is 11.1 Å². The van der Waals surface area contributed by atoms with Crippen molar-refractivity contribution in [1.29, 1.82) is 0 Å². The Morgan fingerprint density at radius 3 is 3.00 bits per heavy atom. The molecule has 0 aliphatic carbocycles. The highest BCUT2D eigenvalue weighted by Crippen LogP contribution is 2.21. The second-order valence-electron chi connectivity index (χ2n) is 5.23. The van der Waals surface area contributed by atoms with Crippen LogP contribution >= 0.6 is 11.3 Å². The van der Waals surface area contributed by atoms with Crippen LogP contribution in [-0.2, 0) is 16.0 Å². The van der Waals surface area contributed by atoms with E-state index in [9.17, 15) is 4.79 Å². The maximum Gasteiger partial charge on any atom is 0.311 e. The number of ether oxygens (including phenoxy) is 1.